The molecular formula is C14H21N3O3. The zero-order valence-corrected chi connectivity index (χ0v) is 12.1. The summed E-state index contributed by atoms with van der Waals surface area (Å²) >= 11 is 0. The highest BCUT2D eigenvalue weighted by Gasteiger charge is 2.31. The van der Waals surface area contributed by atoms with E-state index >= 15 is 0 Å². The van der Waals surface area contributed by atoms with Crippen molar-refractivity contribution < 1.29 is 14.6 Å². The third kappa shape index (κ3) is 3.26. The van der Waals surface area contributed by atoms with Crippen molar-refractivity contribution >= 4 is 5.91 Å². The summed E-state index contributed by atoms with van der Waals surface area (Å²) in [4.78, 5) is 20.0. The lowest BCUT2D eigenvalue weighted by atomic mass is 10.1. The van der Waals surface area contributed by atoms with E-state index in [0.29, 0.717) is 18.2 Å². The Kier molecular flexibility index (Phi) is 4.57. The predicted molar refractivity (Wildman–Crippen MR) is 74.7 cm³/mol. The highest BCUT2D eigenvalue weighted by atomic mass is 16.5. The molecule has 1 fully saturated rings. The van der Waals surface area contributed by atoms with Crippen molar-refractivity contribution in [3.63, 3.8) is 0 Å². The summed E-state index contributed by atoms with van der Waals surface area (Å²) in [5.41, 5.74) is 0.399. The normalized spacial score (nSPS) is 22.9. The van der Waals surface area contributed by atoms with Crippen LogP contribution in [-0.4, -0.2) is 72.2 Å². The standard InChI is InChI=1S/C14H21N3O3/c1-16-9-13(20-3)5-11(16)8-17(2)14(19)10-4-12(18)7-15-6-10/h4,6-7,11,13,18H,5,8-9H2,1-3H3/t11-,13-/m0/s1. The van der Waals surface area contributed by atoms with Crippen LogP contribution in [0, 0.1) is 0 Å². The molecule has 6 heteroatoms. The molecular weight excluding hydrogens is 258 g/mol. The summed E-state index contributed by atoms with van der Waals surface area (Å²) in [5.74, 6) is -0.135. The first kappa shape index (κ1) is 14.7. The van der Waals surface area contributed by atoms with Gasteiger partial charge in [-0.15, -0.1) is 0 Å². The number of carbonyl (C=O) groups excluding carboxylic acids is 1. The number of aromatic hydroxyl groups is 1. The summed E-state index contributed by atoms with van der Waals surface area (Å²) in [7, 11) is 5.52. The van der Waals surface area contributed by atoms with Gasteiger partial charge in [-0.2, -0.15) is 0 Å². The monoisotopic (exact) mass is 279 g/mol. The molecule has 0 bridgehead atoms. The highest BCUT2D eigenvalue weighted by Crippen LogP contribution is 2.19. The first-order chi connectivity index (χ1) is 9.51. The van der Waals surface area contributed by atoms with Gasteiger partial charge in [-0.25, -0.2) is 0 Å². The van der Waals surface area contributed by atoms with Crippen molar-refractivity contribution in [2.24, 2.45) is 0 Å². The van der Waals surface area contributed by atoms with E-state index in [-0.39, 0.29) is 17.8 Å². The zero-order chi connectivity index (χ0) is 14.7. The zero-order valence-electron chi connectivity index (χ0n) is 12.1. The van der Waals surface area contributed by atoms with Crippen LogP contribution in [0.4, 0.5) is 0 Å². The molecule has 110 valence electrons. The number of carbonyl (C=O) groups is 1. The minimum atomic E-state index is -0.136. The van der Waals surface area contributed by atoms with E-state index in [1.165, 1.54) is 18.5 Å². The highest BCUT2D eigenvalue weighted by molar-refractivity contribution is 5.94. The molecule has 2 heterocycles. The number of pyridine rings is 1. The number of likely N-dealkylation sites (N-methyl/N-ethyl adjacent to an activating group) is 2. The van der Waals surface area contributed by atoms with Crippen molar-refractivity contribution in [1.29, 1.82) is 0 Å². The van der Waals surface area contributed by atoms with Gasteiger partial charge in [0.05, 0.1) is 17.9 Å². The number of ether oxygens (including phenoxy) is 1. The van der Waals surface area contributed by atoms with E-state index in [0.717, 1.165) is 13.0 Å². The minimum absolute atomic E-state index is 0.00156. The molecule has 1 aromatic rings. The fraction of sp³-hybridized carbons (Fsp3) is 0.571. The van der Waals surface area contributed by atoms with Crippen LogP contribution in [0.3, 0.4) is 0 Å². The third-order valence-electron chi connectivity index (χ3n) is 3.79. The van der Waals surface area contributed by atoms with Crippen LogP contribution in [-0.2, 0) is 4.74 Å². The number of hydrogen-bond donors (Lipinski definition) is 1. The first-order valence-corrected chi connectivity index (χ1v) is 6.63. The van der Waals surface area contributed by atoms with E-state index < -0.39 is 0 Å². The molecule has 2 rings (SSSR count). The van der Waals surface area contributed by atoms with Gasteiger partial charge in [0, 0.05) is 39.5 Å². The lowest BCUT2D eigenvalue weighted by Crippen LogP contribution is -2.39. The molecule has 0 aliphatic carbocycles. The Labute approximate surface area is 119 Å². The number of rotatable bonds is 4. The molecule has 1 saturated heterocycles. The Balaban J connectivity index is 1.98. The Morgan fingerprint density at radius 2 is 2.35 bits per heavy atom. The van der Waals surface area contributed by atoms with Crippen LogP contribution in [0.25, 0.3) is 0 Å². The molecule has 1 aromatic heterocycles. The van der Waals surface area contributed by atoms with Crippen LogP contribution in [0.2, 0.25) is 0 Å². The van der Waals surface area contributed by atoms with Crippen molar-refractivity contribution in [2.45, 2.75) is 18.6 Å². The second-order valence-corrected chi connectivity index (χ2v) is 5.30. The van der Waals surface area contributed by atoms with E-state index in [4.69, 9.17) is 4.74 Å². The Hall–Kier alpha value is -1.66. The van der Waals surface area contributed by atoms with Crippen LogP contribution in [0.1, 0.15) is 16.8 Å². The molecule has 0 spiro atoms. The Morgan fingerprint density at radius 3 is 2.95 bits per heavy atom. The van der Waals surface area contributed by atoms with Crippen molar-refractivity contribution in [3.8, 4) is 5.75 Å². The van der Waals surface area contributed by atoms with Gasteiger partial charge in [-0.3, -0.25) is 14.7 Å². The Morgan fingerprint density at radius 1 is 1.60 bits per heavy atom. The topological polar surface area (TPSA) is 65.9 Å². The van der Waals surface area contributed by atoms with Crippen LogP contribution in [0.5, 0.6) is 5.75 Å². The fourth-order valence-electron chi connectivity index (χ4n) is 2.58. The van der Waals surface area contributed by atoms with Crippen LogP contribution in [0.15, 0.2) is 18.5 Å². The van der Waals surface area contributed by atoms with Gasteiger partial charge in [0.1, 0.15) is 5.75 Å². The lowest BCUT2D eigenvalue weighted by molar-refractivity contribution is 0.0759. The second-order valence-electron chi connectivity index (χ2n) is 5.30. The van der Waals surface area contributed by atoms with E-state index in [1.807, 2.05) is 7.05 Å². The third-order valence-corrected chi connectivity index (χ3v) is 3.79. The molecule has 2 atom stereocenters. The lowest BCUT2D eigenvalue weighted by Gasteiger charge is -2.25. The summed E-state index contributed by atoms with van der Waals surface area (Å²) < 4.78 is 5.37. The van der Waals surface area contributed by atoms with Gasteiger partial charge >= 0.3 is 0 Å². The number of hydrogen-bond acceptors (Lipinski definition) is 5. The number of nitrogens with zero attached hydrogens (tertiary/aromatic N) is 3. The first-order valence-electron chi connectivity index (χ1n) is 6.63. The molecule has 6 nitrogen and oxygen atoms in total. The number of likely N-dealkylation sites (tertiary alicyclic amines) is 1. The largest absolute Gasteiger partial charge is 0.506 e. The van der Waals surface area contributed by atoms with Gasteiger partial charge < -0.3 is 14.7 Å². The van der Waals surface area contributed by atoms with Crippen LogP contribution >= 0.6 is 0 Å². The van der Waals surface area contributed by atoms with Crippen molar-refractivity contribution in [2.75, 3.05) is 34.3 Å². The maximum atomic E-state index is 12.3. The summed E-state index contributed by atoms with van der Waals surface area (Å²) in [6.07, 6.45) is 3.93. The summed E-state index contributed by atoms with van der Waals surface area (Å²) in [6, 6.07) is 1.72. The second kappa shape index (κ2) is 6.19. The maximum absolute atomic E-state index is 12.3. The predicted octanol–water partition coefficient (Wildman–Crippen LogP) is 0.578. The molecule has 0 saturated carbocycles. The van der Waals surface area contributed by atoms with Gasteiger partial charge in [0.25, 0.3) is 5.91 Å². The van der Waals surface area contributed by atoms with Crippen molar-refractivity contribution in [1.82, 2.24) is 14.8 Å². The van der Waals surface area contributed by atoms with Gasteiger partial charge in [-0.05, 0) is 19.5 Å². The summed E-state index contributed by atoms with van der Waals surface area (Å²) in [6.45, 7) is 1.52. The smallest absolute Gasteiger partial charge is 0.255 e. The van der Waals surface area contributed by atoms with Gasteiger partial charge in [0.15, 0.2) is 0 Å². The fourth-order valence-corrected chi connectivity index (χ4v) is 2.58. The molecule has 1 N–H and O–H groups in total. The van der Waals surface area contributed by atoms with Gasteiger partial charge in [0.2, 0.25) is 0 Å². The Bertz CT molecular complexity index is 480. The number of methoxy groups -OCH3 is 1. The van der Waals surface area contributed by atoms with Crippen molar-refractivity contribution in [3.05, 3.63) is 24.0 Å². The average molecular weight is 279 g/mol. The van der Waals surface area contributed by atoms with E-state index in [1.54, 1.807) is 19.1 Å². The molecule has 0 unspecified atom stereocenters. The number of aromatic nitrogens is 1. The minimum Gasteiger partial charge on any atom is -0.506 e. The summed E-state index contributed by atoms with van der Waals surface area (Å²) in [5, 5.41) is 9.38. The van der Waals surface area contributed by atoms with E-state index in [2.05, 4.69) is 9.88 Å². The van der Waals surface area contributed by atoms with Crippen LogP contribution < -0.4 is 0 Å². The number of amides is 1. The molecule has 1 aliphatic heterocycles. The quantitative estimate of drug-likeness (QED) is 0.873. The molecule has 1 aliphatic rings. The van der Waals surface area contributed by atoms with E-state index in [9.17, 15) is 9.90 Å². The van der Waals surface area contributed by atoms with Gasteiger partial charge in [-0.1, -0.05) is 0 Å². The SMILES string of the molecule is CO[C@H]1C[C@@H](CN(C)C(=O)c2cncc(O)c2)N(C)C1. The molecule has 1 amide bonds. The molecule has 20 heavy (non-hydrogen) atoms. The molecule has 0 radical (unpaired) electrons. The molecule has 0 aromatic carbocycles. The average Bonchev–Trinajstić information content (AvgIpc) is 2.78. The maximum Gasteiger partial charge on any atom is 0.255 e.